The highest BCUT2D eigenvalue weighted by molar-refractivity contribution is 5.72. The van der Waals surface area contributed by atoms with E-state index in [1.807, 2.05) is 12.1 Å². The summed E-state index contributed by atoms with van der Waals surface area (Å²) in [7, 11) is 0. The molecule has 0 N–H and O–H groups in total. The summed E-state index contributed by atoms with van der Waals surface area (Å²) in [6.45, 7) is 28.7. The SMILES string of the molecule is C=C1CCC[C@H]2[C@](C)(Cc3cc(OC(C)=O)ccc3OC(C)=O)[C@@H](C)CC[C@]12C.C=C1CCC[C@H]2[C@](C)(Cc3cc(OC(C)=O)ccc3OC(C)=O)[C@@H](C)CC[C@]12C. The maximum absolute atomic E-state index is 11.7. The van der Waals surface area contributed by atoms with Crippen molar-refractivity contribution in [3.05, 3.63) is 71.8 Å². The van der Waals surface area contributed by atoms with Crippen molar-refractivity contribution in [2.45, 2.75) is 146 Å². The number of hydrogen-bond acceptors (Lipinski definition) is 8. The van der Waals surface area contributed by atoms with Gasteiger partial charge in [-0.2, -0.15) is 0 Å². The Morgan fingerprint density at radius 1 is 0.569 bits per heavy atom. The van der Waals surface area contributed by atoms with Gasteiger partial charge in [-0.3, -0.25) is 19.2 Å². The molecule has 0 spiro atoms. The molecule has 2 aromatic rings. The largest absolute Gasteiger partial charge is 0.427 e. The van der Waals surface area contributed by atoms with Crippen LogP contribution in [0.2, 0.25) is 0 Å². The zero-order valence-electron chi connectivity index (χ0n) is 36.9. The van der Waals surface area contributed by atoms with E-state index in [0.717, 1.165) is 49.7 Å². The molecule has 8 atom stereocenters. The van der Waals surface area contributed by atoms with Gasteiger partial charge in [0.15, 0.2) is 0 Å². The summed E-state index contributed by atoms with van der Waals surface area (Å²) in [5.41, 5.74) is 5.03. The smallest absolute Gasteiger partial charge is 0.308 e. The van der Waals surface area contributed by atoms with E-state index < -0.39 is 0 Å². The summed E-state index contributed by atoms with van der Waals surface area (Å²) in [6, 6.07) is 10.6. The van der Waals surface area contributed by atoms with Crippen molar-refractivity contribution >= 4 is 23.9 Å². The van der Waals surface area contributed by atoms with Crippen LogP contribution in [0.3, 0.4) is 0 Å². The van der Waals surface area contributed by atoms with Crippen LogP contribution in [0.1, 0.15) is 145 Å². The molecule has 0 saturated heterocycles. The van der Waals surface area contributed by atoms with Crippen molar-refractivity contribution in [1.29, 1.82) is 0 Å². The molecule has 8 heteroatoms. The minimum Gasteiger partial charge on any atom is -0.427 e. The highest BCUT2D eigenvalue weighted by Gasteiger charge is 2.55. The highest BCUT2D eigenvalue weighted by Crippen LogP contribution is 2.64. The zero-order chi connectivity index (χ0) is 42.8. The number of carbonyl (C=O) groups excluding carboxylic acids is 4. The lowest BCUT2D eigenvalue weighted by Crippen LogP contribution is -2.51. The summed E-state index contributed by atoms with van der Waals surface area (Å²) >= 11 is 0. The third-order valence-electron chi connectivity index (χ3n) is 15.4. The molecule has 4 fully saturated rings. The van der Waals surface area contributed by atoms with Gasteiger partial charge in [-0.05, 0) is 170 Å². The number of benzene rings is 2. The summed E-state index contributed by atoms with van der Waals surface area (Å²) < 4.78 is 21.7. The molecule has 58 heavy (non-hydrogen) atoms. The van der Waals surface area contributed by atoms with Gasteiger partial charge in [0.1, 0.15) is 23.0 Å². The molecular formula is C50H68O8. The van der Waals surface area contributed by atoms with Crippen molar-refractivity contribution in [2.24, 2.45) is 45.3 Å². The van der Waals surface area contributed by atoms with Crippen LogP contribution in [0, 0.1) is 45.3 Å². The second kappa shape index (κ2) is 17.6. The summed E-state index contributed by atoms with van der Waals surface area (Å²) in [5.74, 6) is 2.83. The van der Waals surface area contributed by atoms with Gasteiger partial charge in [-0.1, -0.05) is 65.8 Å². The third kappa shape index (κ3) is 9.31. The molecule has 0 radical (unpaired) electrons. The molecule has 0 amide bonds. The maximum Gasteiger partial charge on any atom is 0.308 e. The fourth-order valence-electron chi connectivity index (χ4n) is 11.7. The molecule has 2 aromatic carbocycles. The lowest BCUT2D eigenvalue weighted by atomic mass is 9.46. The van der Waals surface area contributed by atoms with Gasteiger partial charge >= 0.3 is 23.9 Å². The van der Waals surface area contributed by atoms with Crippen LogP contribution in [-0.4, -0.2) is 23.9 Å². The Bertz CT molecular complexity index is 1790. The lowest BCUT2D eigenvalue weighted by molar-refractivity contribution is -0.133. The monoisotopic (exact) mass is 796 g/mol. The van der Waals surface area contributed by atoms with Gasteiger partial charge < -0.3 is 18.9 Å². The standard InChI is InChI=1S/2C25H34O4/c2*1-16-8-7-9-23-24(16,5)13-12-17(2)25(23,6)15-20-14-21(28-18(3)26)10-11-22(20)29-19(4)27/h2*10-11,14,17,23H,1,7-9,12-13,15H2,2-6H3/t2*17-,23+,24+,25+/m00/s1. The van der Waals surface area contributed by atoms with Crippen molar-refractivity contribution in [3.8, 4) is 23.0 Å². The minimum atomic E-state index is -0.357. The normalized spacial score (nSPS) is 31.7. The molecule has 0 unspecified atom stereocenters. The van der Waals surface area contributed by atoms with E-state index in [1.165, 1.54) is 77.4 Å². The molecule has 0 aliphatic heterocycles. The molecule has 4 aliphatic rings. The predicted molar refractivity (Wildman–Crippen MR) is 228 cm³/mol. The zero-order valence-corrected chi connectivity index (χ0v) is 36.9. The van der Waals surface area contributed by atoms with E-state index in [-0.39, 0.29) is 45.5 Å². The van der Waals surface area contributed by atoms with E-state index >= 15 is 0 Å². The average Bonchev–Trinajstić information content (AvgIpc) is 3.12. The second-order valence-electron chi connectivity index (χ2n) is 19.1. The topological polar surface area (TPSA) is 105 Å². The third-order valence-corrected chi connectivity index (χ3v) is 15.4. The molecule has 0 aromatic heterocycles. The number of rotatable bonds is 8. The first-order chi connectivity index (χ1) is 27.1. The van der Waals surface area contributed by atoms with E-state index in [1.54, 1.807) is 24.3 Å². The van der Waals surface area contributed by atoms with Crippen molar-refractivity contribution in [3.63, 3.8) is 0 Å². The van der Waals surface area contributed by atoms with Crippen LogP contribution in [0.5, 0.6) is 23.0 Å². The second-order valence-corrected chi connectivity index (χ2v) is 19.1. The molecule has 8 nitrogen and oxygen atoms in total. The van der Waals surface area contributed by atoms with Crippen LogP contribution < -0.4 is 18.9 Å². The first-order valence-electron chi connectivity index (χ1n) is 21.5. The Kier molecular flexibility index (Phi) is 13.6. The molecule has 4 saturated carbocycles. The van der Waals surface area contributed by atoms with Crippen LogP contribution in [0.15, 0.2) is 60.7 Å². The Morgan fingerprint density at radius 2 is 0.914 bits per heavy atom. The summed E-state index contributed by atoms with van der Waals surface area (Å²) in [4.78, 5) is 46.2. The Morgan fingerprint density at radius 3 is 1.24 bits per heavy atom. The van der Waals surface area contributed by atoms with E-state index in [0.29, 0.717) is 46.7 Å². The Labute approximate surface area is 347 Å². The lowest BCUT2D eigenvalue weighted by Gasteiger charge is -2.59. The van der Waals surface area contributed by atoms with Gasteiger partial charge in [0.05, 0.1) is 0 Å². The van der Waals surface area contributed by atoms with Gasteiger partial charge in [0.25, 0.3) is 0 Å². The first-order valence-corrected chi connectivity index (χ1v) is 21.5. The van der Waals surface area contributed by atoms with Crippen LogP contribution in [-0.2, 0) is 32.0 Å². The summed E-state index contributed by atoms with van der Waals surface area (Å²) in [5, 5.41) is 0. The number of carbonyl (C=O) groups is 4. The predicted octanol–water partition coefficient (Wildman–Crippen LogP) is 11.8. The number of fused-ring (bicyclic) bond motifs is 2. The fourth-order valence-corrected chi connectivity index (χ4v) is 11.7. The van der Waals surface area contributed by atoms with Crippen molar-refractivity contribution in [1.82, 2.24) is 0 Å². The fraction of sp³-hybridized carbons (Fsp3) is 0.600. The van der Waals surface area contributed by atoms with Crippen molar-refractivity contribution < 1.29 is 38.1 Å². The number of esters is 4. The molecule has 0 heterocycles. The molecule has 0 bridgehead atoms. The van der Waals surface area contributed by atoms with Crippen LogP contribution >= 0.6 is 0 Å². The van der Waals surface area contributed by atoms with Gasteiger partial charge in [0.2, 0.25) is 0 Å². The van der Waals surface area contributed by atoms with E-state index in [4.69, 9.17) is 18.9 Å². The van der Waals surface area contributed by atoms with Crippen molar-refractivity contribution in [2.75, 3.05) is 0 Å². The van der Waals surface area contributed by atoms with Crippen LogP contribution in [0.25, 0.3) is 0 Å². The molecule has 6 rings (SSSR count). The Balaban J connectivity index is 0.000000221. The molecule has 4 aliphatic carbocycles. The minimum absolute atomic E-state index is 0.0418. The van der Waals surface area contributed by atoms with Crippen LogP contribution in [0.4, 0.5) is 0 Å². The van der Waals surface area contributed by atoms with Gasteiger partial charge in [-0.25, -0.2) is 0 Å². The molecule has 316 valence electrons. The van der Waals surface area contributed by atoms with Gasteiger partial charge in [0, 0.05) is 27.7 Å². The highest BCUT2D eigenvalue weighted by atomic mass is 16.5. The number of ether oxygens (including phenoxy) is 4. The molecular weight excluding hydrogens is 729 g/mol. The first kappa shape index (κ1) is 44.9. The number of hydrogen-bond donors (Lipinski definition) is 0. The number of allylic oxidation sites excluding steroid dienone is 2. The quantitative estimate of drug-likeness (QED) is 0.148. The van der Waals surface area contributed by atoms with E-state index in [2.05, 4.69) is 54.7 Å². The maximum atomic E-state index is 11.7. The Hall–Kier alpha value is -4.20. The van der Waals surface area contributed by atoms with E-state index in [9.17, 15) is 19.2 Å². The van der Waals surface area contributed by atoms with Gasteiger partial charge in [-0.15, -0.1) is 0 Å². The average molecular weight is 797 g/mol. The summed E-state index contributed by atoms with van der Waals surface area (Å²) in [6.07, 6.45) is 13.3.